The molecule has 26 heavy (non-hydrogen) atoms. The number of aryl methyl sites for hydroxylation is 1. The van der Waals surface area contributed by atoms with Crippen LogP contribution in [0.15, 0.2) is 47.3 Å². The number of carbonyl (C=O) groups excluding carboxylic acids is 1. The molecule has 3 aromatic rings. The molecule has 0 atom stereocenters. The summed E-state index contributed by atoms with van der Waals surface area (Å²) in [5.41, 5.74) is 2.52. The molecule has 0 aliphatic rings. The van der Waals surface area contributed by atoms with Crippen molar-refractivity contribution in [3.63, 3.8) is 0 Å². The molecule has 134 valence electrons. The Morgan fingerprint density at radius 3 is 2.73 bits per heavy atom. The Bertz CT molecular complexity index is 1030. The van der Waals surface area contributed by atoms with Crippen LogP contribution in [0.2, 0.25) is 5.02 Å². The topological polar surface area (TPSA) is 71.2 Å². The van der Waals surface area contributed by atoms with Crippen LogP contribution in [0, 0.1) is 6.92 Å². The number of carbonyl (C=O) groups is 1. The zero-order valence-electron chi connectivity index (χ0n) is 14.6. The van der Waals surface area contributed by atoms with Gasteiger partial charge in [0, 0.05) is 17.0 Å². The van der Waals surface area contributed by atoms with Gasteiger partial charge in [-0.15, -0.1) is 0 Å². The van der Waals surface area contributed by atoms with Gasteiger partial charge in [0.2, 0.25) is 0 Å². The van der Waals surface area contributed by atoms with E-state index in [0.29, 0.717) is 22.8 Å². The maximum Gasteiger partial charge on any atom is 0.345 e. The Kier molecular flexibility index (Phi) is 5.28. The predicted octanol–water partition coefficient (Wildman–Crippen LogP) is 4.28. The number of nitrogens with one attached hydrogen (secondary N) is 2. The molecular formula is C20H19ClN2O3. The average molecular weight is 371 g/mol. The monoisotopic (exact) mass is 370 g/mol. The van der Waals surface area contributed by atoms with Crippen LogP contribution in [-0.4, -0.2) is 17.6 Å². The van der Waals surface area contributed by atoms with Gasteiger partial charge in [0.05, 0.1) is 17.8 Å². The number of pyridine rings is 1. The molecule has 0 spiro atoms. The summed E-state index contributed by atoms with van der Waals surface area (Å²) in [7, 11) is 0. The lowest BCUT2D eigenvalue weighted by Crippen LogP contribution is -2.23. The molecule has 0 aliphatic carbocycles. The second kappa shape index (κ2) is 7.62. The van der Waals surface area contributed by atoms with Gasteiger partial charge in [-0.3, -0.25) is 4.79 Å². The summed E-state index contributed by atoms with van der Waals surface area (Å²) in [5, 5.41) is 4.61. The van der Waals surface area contributed by atoms with Crippen LogP contribution in [0.3, 0.4) is 0 Å². The van der Waals surface area contributed by atoms with Crippen LogP contribution >= 0.6 is 11.6 Å². The van der Waals surface area contributed by atoms with Crippen molar-refractivity contribution in [3.05, 3.63) is 74.5 Å². The van der Waals surface area contributed by atoms with Crippen molar-refractivity contribution < 1.29 is 9.53 Å². The van der Waals surface area contributed by atoms with Crippen LogP contribution in [0.5, 0.6) is 0 Å². The number of hydrogen-bond donors (Lipinski definition) is 2. The lowest BCUT2D eigenvalue weighted by Gasteiger charge is -2.15. The zero-order chi connectivity index (χ0) is 18.7. The smallest absolute Gasteiger partial charge is 0.345 e. The van der Waals surface area contributed by atoms with Gasteiger partial charge >= 0.3 is 5.97 Å². The summed E-state index contributed by atoms with van der Waals surface area (Å²) in [6.45, 7) is 4.22. The van der Waals surface area contributed by atoms with E-state index in [4.69, 9.17) is 16.3 Å². The Morgan fingerprint density at radius 2 is 2.00 bits per heavy atom. The Balaban J connectivity index is 2.13. The number of rotatable bonds is 5. The van der Waals surface area contributed by atoms with Gasteiger partial charge in [-0.2, -0.15) is 0 Å². The van der Waals surface area contributed by atoms with Crippen LogP contribution in [0.25, 0.3) is 10.9 Å². The van der Waals surface area contributed by atoms with Crippen molar-refractivity contribution in [1.82, 2.24) is 4.98 Å². The van der Waals surface area contributed by atoms with Gasteiger partial charge < -0.3 is 15.0 Å². The molecule has 3 rings (SSSR count). The van der Waals surface area contributed by atoms with Crippen LogP contribution in [0.1, 0.15) is 28.4 Å². The first-order chi connectivity index (χ1) is 12.5. The first-order valence-electron chi connectivity index (χ1n) is 8.32. The fraction of sp³-hybridized carbons (Fsp3) is 0.200. The van der Waals surface area contributed by atoms with E-state index in [1.165, 1.54) is 0 Å². The fourth-order valence-electron chi connectivity index (χ4n) is 2.89. The molecule has 0 unspecified atom stereocenters. The first kappa shape index (κ1) is 18.0. The summed E-state index contributed by atoms with van der Waals surface area (Å²) in [6, 6.07) is 13.1. The maximum absolute atomic E-state index is 12.6. The number of esters is 1. The molecule has 0 saturated heterocycles. The standard InChI is InChI=1S/C20H19ClN2O3/c1-3-26-20(25)16-18(22-11-13-7-5-8-14(21)10-13)15-9-4-6-12(2)17(15)23-19(16)24/h4-10H,3,11H2,1-2H3,(H2,22,23,24). The molecular weight excluding hydrogens is 352 g/mol. The maximum atomic E-state index is 12.6. The van der Waals surface area contributed by atoms with E-state index in [0.717, 1.165) is 16.5 Å². The minimum absolute atomic E-state index is 0.0213. The molecule has 6 heteroatoms. The van der Waals surface area contributed by atoms with Gasteiger partial charge in [-0.05, 0) is 37.1 Å². The van der Waals surface area contributed by atoms with Gasteiger partial charge in [-0.1, -0.05) is 41.9 Å². The summed E-state index contributed by atoms with van der Waals surface area (Å²) in [5.74, 6) is -0.647. The molecule has 1 aromatic heterocycles. The van der Waals surface area contributed by atoms with E-state index < -0.39 is 11.5 Å². The number of anilines is 1. The van der Waals surface area contributed by atoms with E-state index >= 15 is 0 Å². The average Bonchev–Trinajstić information content (AvgIpc) is 2.60. The second-order valence-corrected chi connectivity index (χ2v) is 6.34. The zero-order valence-corrected chi connectivity index (χ0v) is 15.3. The highest BCUT2D eigenvalue weighted by Gasteiger charge is 2.21. The summed E-state index contributed by atoms with van der Waals surface area (Å²) in [4.78, 5) is 27.7. The van der Waals surface area contributed by atoms with Crippen molar-refractivity contribution in [2.75, 3.05) is 11.9 Å². The van der Waals surface area contributed by atoms with Crippen LogP contribution in [0.4, 0.5) is 5.69 Å². The van der Waals surface area contributed by atoms with E-state index in [-0.39, 0.29) is 12.2 Å². The number of fused-ring (bicyclic) bond motifs is 1. The molecule has 0 radical (unpaired) electrons. The molecule has 0 fully saturated rings. The summed E-state index contributed by atoms with van der Waals surface area (Å²) >= 11 is 6.03. The third-order valence-electron chi connectivity index (χ3n) is 4.10. The summed E-state index contributed by atoms with van der Waals surface area (Å²) in [6.07, 6.45) is 0. The Morgan fingerprint density at radius 1 is 1.23 bits per heavy atom. The van der Waals surface area contributed by atoms with Crippen molar-refractivity contribution in [2.24, 2.45) is 0 Å². The van der Waals surface area contributed by atoms with Crippen LogP contribution in [-0.2, 0) is 11.3 Å². The van der Waals surface area contributed by atoms with E-state index in [2.05, 4.69) is 10.3 Å². The van der Waals surface area contributed by atoms with Crippen molar-refractivity contribution in [1.29, 1.82) is 0 Å². The highest BCUT2D eigenvalue weighted by Crippen LogP contribution is 2.27. The van der Waals surface area contributed by atoms with E-state index in [9.17, 15) is 9.59 Å². The highest BCUT2D eigenvalue weighted by atomic mass is 35.5. The molecule has 1 heterocycles. The summed E-state index contributed by atoms with van der Waals surface area (Å²) < 4.78 is 5.08. The van der Waals surface area contributed by atoms with Gasteiger partial charge in [0.25, 0.3) is 5.56 Å². The normalized spacial score (nSPS) is 10.7. The van der Waals surface area contributed by atoms with Gasteiger partial charge in [0.15, 0.2) is 0 Å². The molecule has 0 saturated carbocycles. The lowest BCUT2D eigenvalue weighted by molar-refractivity contribution is 0.0525. The van der Waals surface area contributed by atoms with E-state index in [1.54, 1.807) is 13.0 Å². The predicted molar refractivity (Wildman–Crippen MR) is 104 cm³/mol. The van der Waals surface area contributed by atoms with Gasteiger partial charge in [0.1, 0.15) is 5.56 Å². The number of aromatic nitrogens is 1. The largest absolute Gasteiger partial charge is 0.462 e. The number of benzene rings is 2. The van der Waals surface area contributed by atoms with Crippen molar-refractivity contribution in [3.8, 4) is 0 Å². The lowest BCUT2D eigenvalue weighted by atomic mass is 10.1. The highest BCUT2D eigenvalue weighted by molar-refractivity contribution is 6.30. The molecule has 2 N–H and O–H groups in total. The number of H-pyrrole nitrogens is 1. The number of aromatic amines is 1. The molecule has 0 aliphatic heterocycles. The van der Waals surface area contributed by atoms with Crippen LogP contribution < -0.4 is 10.9 Å². The van der Waals surface area contributed by atoms with Crippen molar-refractivity contribution in [2.45, 2.75) is 20.4 Å². The third kappa shape index (κ3) is 3.58. The Labute approximate surface area is 156 Å². The molecule has 0 bridgehead atoms. The number of hydrogen-bond acceptors (Lipinski definition) is 4. The second-order valence-electron chi connectivity index (χ2n) is 5.91. The molecule has 0 amide bonds. The van der Waals surface area contributed by atoms with E-state index in [1.807, 2.05) is 43.3 Å². The minimum Gasteiger partial charge on any atom is -0.462 e. The quantitative estimate of drug-likeness (QED) is 0.657. The number of ether oxygens (including phenoxy) is 1. The van der Waals surface area contributed by atoms with Crippen molar-refractivity contribution >= 4 is 34.2 Å². The SMILES string of the molecule is CCOC(=O)c1c(NCc2cccc(Cl)c2)c2cccc(C)c2[nH]c1=O. The number of para-hydroxylation sites is 1. The Hall–Kier alpha value is -2.79. The number of halogens is 1. The third-order valence-corrected chi connectivity index (χ3v) is 4.33. The van der Waals surface area contributed by atoms with Gasteiger partial charge in [-0.25, -0.2) is 4.79 Å². The minimum atomic E-state index is -0.647. The fourth-order valence-corrected chi connectivity index (χ4v) is 3.10. The molecule has 5 nitrogen and oxygen atoms in total. The molecule has 2 aromatic carbocycles. The first-order valence-corrected chi connectivity index (χ1v) is 8.70.